The molecule has 1 unspecified atom stereocenters. The van der Waals surface area contributed by atoms with E-state index < -0.39 is 18.4 Å². The fraction of sp³-hybridized carbons (Fsp3) is 0.364. The molecule has 0 aromatic heterocycles. The Morgan fingerprint density at radius 1 is 1.40 bits per heavy atom. The summed E-state index contributed by atoms with van der Waals surface area (Å²) in [6.07, 6.45) is -5.68. The zero-order valence-electron chi connectivity index (χ0n) is 10.3. The Bertz CT molecular complexity index is 533. The maximum atomic E-state index is 12.6. The number of nitrogens with two attached hydrogens (primary N) is 2. The van der Waals surface area contributed by atoms with Crippen molar-refractivity contribution < 1.29 is 23.1 Å². The first-order chi connectivity index (χ1) is 9.21. The predicted octanol–water partition coefficient (Wildman–Crippen LogP) is 0.611. The lowest BCUT2D eigenvalue weighted by Gasteiger charge is -2.22. The summed E-state index contributed by atoms with van der Waals surface area (Å²) in [7, 11) is 0. The number of hydrogen-bond acceptors (Lipinski definition) is 6. The van der Waals surface area contributed by atoms with Crippen LogP contribution in [0.2, 0.25) is 0 Å². The first kappa shape index (κ1) is 14.7. The average molecular weight is 290 g/mol. The second kappa shape index (κ2) is 5.02. The fourth-order valence-corrected chi connectivity index (χ4v) is 1.79. The third kappa shape index (κ3) is 2.90. The molecule has 5 N–H and O–H groups in total. The summed E-state index contributed by atoms with van der Waals surface area (Å²) < 4.78 is 37.8. The first-order valence-corrected chi connectivity index (χ1v) is 5.62. The van der Waals surface area contributed by atoms with E-state index in [2.05, 4.69) is 9.99 Å². The van der Waals surface area contributed by atoms with E-state index in [0.717, 1.165) is 5.12 Å². The van der Waals surface area contributed by atoms with E-state index in [-0.39, 0.29) is 12.3 Å². The van der Waals surface area contributed by atoms with Gasteiger partial charge in [0.05, 0.1) is 18.7 Å². The van der Waals surface area contributed by atoms with Gasteiger partial charge in [0.1, 0.15) is 0 Å². The summed E-state index contributed by atoms with van der Waals surface area (Å²) in [4.78, 5) is 4.15. The normalized spacial score (nSPS) is 22.9. The summed E-state index contributed by atoms with van der Waals surface area (Å²) >= 11 is 0. The van der Waals surface area contributed by atoms with Gasteiger partial charge in [0.25, 0.3) is 0 Å². The number of alkyl halides is 3. The molecule has 2 rings (SSSR count). The number of hydrogen-bond donors (Lipinski definition) is 3. The van der Waals surface area contributed by atoms with E-state index in [0.29, 0.717) is 11.1 Å². The molecule has 0 saturated carbocycles. The third-order valence-electron chi connectivity index (χ3n) is 2.78. The lowest BCUT2D eigenvalue weighted by atomic mass is 10.0. The van der Waals surface area contributed by atoms with Gasteiger partial charge in [-0.3, -0.25) is 11.7 Å². The molecule has 0 bridgehead atoms. The summed E-state index contributed by atoms with van der Waals surface area (Å²) in [6.45, 7) is 0.214. The summed E-state index contributed by atoms with van der Waals surface area (Å²) in [5, 5.41) is 13.6. The lowest BCUT2D eigenvalue weighted by molar-refractivity contribution is -0.355. The summed E-state index contributed by atoms with van der Waals surface area (Å²) in [5.74, 6) is 7.32. The Morgan fingerprint density at radius 3 is 2.65 bits per heavy atom. The van der Waals surface area contributed by atoms with Crippen LogP contribution in [0.1, 0.15) is 17.5 Å². The van der Waals surface area contributed by atoms with Crippen LogP contribution < -0.4 is 11.7 Å². The molecule has 1 aliphatic heterocycles. The van der Waals surface area contributed by atoms with Crippen molar-refractivity contribution in [3.8, 4) is 0 Å². The molecule has 0 aliphatic carbocycles. The maximum Gasteiger partial charge on any atom is 0.458 e. The quantitative estimate of drug-likeness (QED) is 0.560. The number of oxime groups is 1. The second-order valence-electron chi connectivity index (χ2n) is 4.46. The average Bonchev–Trinajstić information content (AvgIpc) is 2.72. The van der Waals surface area contributed by atoms with Crippen LogP contribution in [0.3, 0.4) is 0 Å². The molecule has 0 radical (unpaired) electrons. The van der Waals surface area contributed by atoms with Crippen LogP contribution in [0.25, 0.3) is 0 Å². The molecule has 1 atom stereocenters. The second-order valence-corrected chi connectivity index (χ2v) is 4.46. The van der Waals surface area contributed by atoms with Crippen molar-refractivity contribution in [1.82, 2.24) is 5.12 Å². The van der Waals surface area contributed by atoms with E-state index in [1.807, 2.05) is 0 Å². The molecular weight excluding hydrogens is 277 g/mol. The van der Waals surface area contributed by atoms with Gasteiger partial charge < -0.3 is 9.94 Å². The Kier molecular flexibility index (Phi) is 3.69. The molecule has 0 saturated heterocycles. The summed E-state index contributed by atoms with van der Waals surface area (Å²) in [6, 6.07) is 6.48. The Balaban J connectivity index is 2.18. The Morgan fingerprint density at radius 2 is 2.10 bits per heavy atom. The van der Waals surface area contributed by atoms with Crippen LogP contribution in [0.4, 0.5) is 13.2 Å². The SMILES string of the molecule is NN(N)Cc1cccc(C2=NOC(O)(C(F)(F)F)C2)c1. The van der Waals surface area contributed by atoms with Crippen molar-refractivity contribution in [2.75, 3.05) is 0 Å². The minimum atomic E-state index is -4.92. The van der Waals surface area contributed by atoms with Gasteiger partial charge in [-0.2, -0.15) is 18.3 Å². The van der Waals surface area contributed by atoms with Crippen LogP contribution in [0, 0.1) is 0 Å². The van der Waals surface area contributed by atoms with Gasteiger partial charge >= 0.3 is 12.0 Å². The van der Waals surface area contributed by atoms with Crippen LogP contribution in [0.5, 0.6) is 0 Å². The van der Waals surface area contributed by atoms with Crippen molar-refractivity contribution in [2.45, 2.75) is 24.9 Å². The molecule has 0 fully saturated rings. The highest BCUT2D eigenvalue weighted by molar-refractivity contribution is 6.01. The van der Waals surface area contributed by atoms with Crippen molar-refractivity contribution in [3.05, 3.63) is 35.4 Å². The molecule has 9 heteroatoms. The Labute approximate surface area is 112 Å². The monoisotopic (exact) mass is 290 g/mol. The lowest BCUT2D eigenvalue weighted by Crippen LogP contribution is -2.45. The number of hydrazine groups is 2. The summed E-state index contributed by atoms with van der Waals surface area (Å²) in [5.41, 5.74) is 1.11. The minimum Gasteiger partial charge on any atom is -0.350 e. The van der Waals surface area contributed by atoms with Crippen molar-refractivity contribution >= 4 is 5.71 Å². The van der Waals surface area contributed by atoms with Crippen LogP contribution in [-0.4, -0.2) is 27.9 Å². The molecule has 1 aliphatic rings. The number of halogens is 3. The minimum absolute atomic E-state index is 0.00673. The van der Waals surface area contributed by atoms with Gasteiger partial charge in [-0.05, 0) is 17.2 Å². The number of rotatable bonds is 3. The Hall–Kier alpha value is -1.68. The van der Waals surface area contributed by atoms with Crippen molar-refractivity contribution in [2.24, 2.45) is 16.8 Å². The van der Waals surface area contributed by atoms with Crippen LogP contribution in [-0.2, 0) is 11.4 Å². The van der Waals surface area contributed by atoms with E-state index in [1.165, 1.54) is 0 Å². The maximum absolute atomic E-state index is 12.6. The third-order valence-corrected chi connectivity index (χ3v) is 2.78. The van der Waals surface area contributed by atoms with Gasteiger partial charge in [-0.25, -0.2) is 0 Å². The molecule has 0 spiro atoms. The smallest absolute Gasteiger partial charge is 0.350 e. The van der Waals surface area contributed by atoms with Crippen molar-refractivity contribution in [3.63, 3.8) is 0 Å². The predicted molar refractivity (Wildman–Crippen MR) is 63.6 cm³/mol. The highest BCUT2D eigenvalue weighted by atomic mass is 19.4. The van der Waals surface area contributed by atoms with Gasteiger partial charge in [-0.1, -0.05) is 23.4 Å². The van der Waals surface area contributed by atoms with E-state index >= 15 is 0 Å². The molecule has 1 heterocycles. The standard InChI is InChI=1S/C11H13F3N4O2/c12-11(13,14)10(19)5-9(17-20-10)8-3-1-2-7(4-8)6-18(15)16/h1-4,19H,5-6,15-16H2. The zero-order valence-corrected chi connectivity index (χ0v) is 10.3. The number of nitrogens with zero attached hydrogens (tertiary/aromatic N) is 2. The zero-order chi connectivity index (χ0) is 15.0. The first-order valence-electron chi connectivity index (χ1n) is 5.62. The molecule has 1 aromatic carbocycles. The number of aliphatic hydroxyl groups is 1. The highest BCUT2D eigenvalue weighted by Crippen LogP contribution is 2.38. The highest BCUT2D eigenvalue weighted by Gasteiger charge is 2.60. The van der Waals surface area contributed by atoms with Crippen molar-refractivity contribution in [1.29, 1.82) is 0 Å². The molecule has 1 aromatic rings. The van der Waals surface area contributed by atoms with Gasteiger partial charge in [-0.15, -0.1) is 0 Å². The van der Waals surface area contributed by atoms with Gasteiger partial charge in [0, 0.05) is 0 Å². The molecule has 110 valence electrons. The van der Waals surface area contributed by atoms with Gasteiger partial charge in [0.2, 0.25) is 0 Å². The number of benzene rings is 1. The van der Waals surface area contributed by atoms with Gasteiger partial charge in [0.15, 0.2) is 0 Å². The largest absolute Gasteiger partial charge is 0.458 e. The topological polar surface area (TPSA) is 97.1 Å². The van der Waals surface area contributed by atoms with E-state index in [4.69, 9.17) is 11.7 Å². The van der Waals surface area contributed by atoms with E-state index in [9.17, 15) is 18.3 Å². The molecule has 20 heavy (non-hydrogen) atoms. The molecule has 6 nitrogen and oxygen atoms in total. The fourth-order valence-electron chi connectivity index (χ4n) is 1.79. The van der Waals surface area contributed by atoms with E-state index in [1.54, 1.807) is 24.3 Å². The van der Waals surface area contributed by atoms with Crippen LogP contribution in [0.15, 0.2) is 29.4 Å². The van der Waals surface area contributed by atoms with Crippen LogP contribution >= 0.6 is 0 Å². The molecule has 0 amide bonds. The molecular formula is C11H13F3N4O2.